The van der Waals surface area contributed by atoms with Crippen LogP contribution in [0, 0.1) is 51.2 Å². The van der Waals surface area contributed by atoms with Crippen molar-refractivity contribution in [2.45, 2.75) is 112 Å². The smallest absolute Gasteiger partial charge is 0.306 e. The van der Waals surface area contributed by atoms with Crippen molar-refractivity contribution in [1.82, 2.24) is 20.0 Å². The number of carboxylic acid groups (broad SMARTS) is 1. The lowest BCUT2D eigenvalue weighted by Crippen LogP contribution is -2.64. The number of anilines is 1. The summed E-state index contributed by atoms with van der Waals surface area (Å²) in [6, 6.07) is 10.6. The van der Waals surface area contributed by atoms with Crippen molar-refractivity contribution in [3.63, 3.8) is 0 Å². The fraction of sp³-hybridized carbons (Fsp3) is 0.634. The van der Waals surface area contributed by atoms with Gasteiger partial charge in [-0.2, -0.15) is 10.2 Å². The van der Waals surface area contributed by atoms with E-state index in [1.165, 1.54) is 40.8 Å². The van der Waals surface area contributed by atoms with Gasteiger partial charge >= 0.3 is 5.97 Å². The van der Waals surface area contributed by atoms with Crippen LogP contribution in [0.3, 0.4) is 0 Å². The average molecular weight is 650 g/mol. The number of aromatic amines is 1. The molecule has 2 heterocycles. The van der Waals surface area contributed by atoms with Crippen LogP contribution >= 0.6 is 0 Å². The van der Waals surface area contributed by atoms with Gasteiger partial charge in [0.1, 0.15) is 5.82 Å². The summed E-state index contributed by atoms with van der Waals surface area (Å²) in [4.78, 5) is 12.9. The molecule has 48 heavy (non-hydrogen) atoms. The van der Waals surface area contributed by atoms with Crippen molar-refractivity contribution < 1.29 is 9.90 Å². The van der Waals surface area contributed by atoms with E-state index >= 15 is 0 Å². The number of nitrogen functional groups attached to an aromatic ring is 1. The summed E-state index contributed by atoms with van der Waals surface area (Å²) >= 11 is 0. The number of aliphatic carboxylic acids is 1. The number of nitrogens with two attached hydrogens (primary N) is 1. The van der Waals surface area contributed by atoms with Gasteiger partial charge in [-0.05, 0) is 108 Å². The Hall–Kier alpha value is -3.35. The highest BCUT2D eigenvalue weighted by atomic mass is 16.4. The van der Waals surface area contributed by atoms with Crippen LogP contribution in [-0.4, -0.2) is 31.1 Å². The van der Waals surface area contributed by atoms with E-state index in [4.69, 9.17) is 10.8 Å². The molecule has 0 amide bonds. The Morgan fingerprint density at radius 3 is 2.50 bits per heavy atom. The molecule has 3 saturated carbocycles. The molecule has 7 unspecified atom stereocenters. The van der Waals surface area contributed by atoms with Gasteiger partial charge in [0.25, 0.3) is 0 Å². The summed E-state index contributed by atoms with van der Waals surface area (Å²) in [5, 5.41) is 23.5. The molecule has 7 nitrogen and oxygen atoms in total. The minimum atomic E-state index is -0.606. The lowest BCUT2D eigenvalue weighted by Gasteiger charge is -2.70. The second-order valence-corrected chi connectivity index (χ2v) is 18.6. The Balaban J connectivity index is 1.31. The van der Waals surface area contributed by atoms with E-state index in [0.29, 0.717) is 17.7 Å². The zero-order chi connectivity index (χ0) is 34.0. The van der Waals surface area contributed by atoms with Gasteiger partial charge in [0.15, 0.2) is 0 Å². The van der Waals surface area contributed by atoms with Crippen molar-refractivity contribution in [2.75, 3.05) is 5.73 Å². The number of fused-ring (bicyclic) bond motifs is 8. The molecular formula is C41H55N5O2. The van der Waals surface area contributed by atoms with Gasteiger partial charge in [0.2, 0.25) is 0 Å². The summed E-state index contributed by atoms with van der Waals surface area (Å²) in [7, 11) is 0. The third-order valence-electron chi connectivity index (χ3n) is 15.3. The predicted octanol–water partition coefficient (Wildman–Crippen LogP) is 8.52. The molecule has 7 heteroatoms. The third-order valence-corrected chi connectivity index (χ3v) is 15.3. The molecule has 3 aromatic rings. The lowest BCUT2D eigenvalue weighted by atomic mass is 9.33. The fourth-order valence-corrected chi connectivity index (χ4v) is 13.1. The molecule has 0 spiro atoms. The number of hydrogen-bond acceptors (Lipinski definition) is 4. The summed E-state index contributed by atoms with van der Waals surface area (Å²) in [5.41, 5.74) is 14.6. The maximum absolute atomic E-state index is 12.9. The normalized spacial score (nSPS) is 37.9. The molecule has 5 aliphatic rings. The van der Waals surface area contributed by atoms with E-state index in [1.54, 1.807) is 5.57 Å². The van der Waals surface area contributed by atoms with Crippen molar-refractivity contribution in [2.24, 2.45) is 51.2 Å². The SMILES string of the molecule is CC1(C)CC2C3=C(c4cnn(Cc5ccccc5)c4)CC4C5(C)Cc6c(N)n[nH]c6C(C)(C)C5CCC4(C)C3(C)CCC2[C@H](C(=O)O)C1. The molecule has 256 valence electrons. The Bertz CT molecular complexity index is 1800. The number of nitrogens with one attached hydrogen (secondary N) is 1. The van der Waals surface area contributed by atoms with Crippen LogP contribution in [0.15, 0.2) is 48.3 Å². The first-order valence-electron chi connectivity index (χ1n) is 18.5. The minimum absolute atomic E-state index is 0.0257. The first kappa shape index (κ1) is 31.9. The molecule has 4 N–H and O–H groups in total. The topological polar surface area (TPSA) is 110 Å². The molecule has 5 aliphatic carbocycles. The maximum atomic E-state index is 12.9. The van der Waals surface area contributed by atoms with Crippen molar-refractivity contribution in [3.8, 4) is 0 Å². The van der Waals surface area contributed by atoms with E-state index in [2.05, 4.69) is 106 Å². The van der Waals surface area contributed by atoms with Crippen molar-refractivity contribution in [1.29, 1.82) is 0 Å². The number of carboxylic acids is 1. The Kier molecular flexibility index (Phi) is 6.87. The minimum Gasteiger partial charge on any atom is -0.481 e. The molecule has 1 aromatic carbocycles. The maximum Gasteiger partial charge on any atom is 0.306 e. The summed E-state index contributed by atoms with van der Waals surface area (Å²) < 4.78 is 2.10. The van der Waals surface area contributed by atoms with Gasteiger partial charge in [-0.15, -0.1) is 0 Å². The van der Waals surface area contributed by atoms with Crippen LogP contribution in [0.2, 0.25) is 0 Å². The van der Waals surface area contributed by atoms with E-state index in [9.17, 15) is 9.90 Å². The standard InChI is InChI=1S/C41H55N5O2/c1-37(2)18-28-26(29(19-37)36(47)48)13-15-41(7)33(28)27(25-21-43-46(23-25)22-24-11-9-8-10-12-24)17-32-39(5)20-30-34(44-45-35(30)42)38(3,4)31(39)14-16-40(32,41)6/h8-12,21,23,26,28-29,31-32H,13-20,22H2,1-7H3,(H,47,48)(H3,42,44,45)/t26?,28?,29-,31?,32?,39?,40?,41?/m1/s1. The van der Waals surface area contributed by atoms with Gasteiger partial charge in [0.05, 0.1) is 18.7 Å². The Labute approximate surface area is 286 Å². The lowest BCUT2D eigenvalue weighted by molar-refractivity contribution is -0.161. The molecular weight excluding hydrogens is 594 g/mol. The van der Waals surface area contributed by atoms with Crippen LogP contribution < -0.4 is 5.73 Å². The predicted molar refractivity (Wildman–Crippen MR) is 190 cm³/mol. The second kappa shape index (κ2) is 10.3. The number of benzene rings is 1. The molecule has 0 radical (unpaired) electrons. The zero-order valence-corrected chi connectivity index (χ0v) is 30.1. The second-order valence-electron chi connectivity index (χ2n) is 18.6. The highest BCUT2D eigenvalue weighted by Crippen LogP contribution is 2.76. The monoisotopic (exact) mass is 649 g/mol. The zero-order valence-electron chi connectivity index (χ0n) is 30.1. The van der Waals surface area contributed by atoms with E-state index in [1.807, 2.05) is 0 Å². The Morgan fingerprint density at radius 2 is 1.77 bits per heavy atom. The van der Waals surface area contributed by atoms with Gasteiger partial charge in [-0.25, -0.2) is 0 Å². The number of carbonyl (C=O) groups is 1. The summed E-state index contributed by atoms with van der Waals surface area (Å²) in [5.74, 6) is 1.16. The van der Waals surface area contributed by atoms with Crippen LogP contribution in [0.1, 0.15) is 116 Å². The molecule has 8 atom stereocenters. The molecule has 8 rings (SSSR count). The van der Waals surface area contributed by atoms with Crippen LogP contribution in [0.25, 0.3) is 5.57 Å². The van der Waals surface area contributed by atoms with Gasteiger partial charge in [0, 0.05) is 28.4 Å². The fourth-order valence-electron chi connectivity index (χ4n) is 13.1. The van der Waals surface area contributed by atoms with Gasteiger partial charge in [-0.1, -0.05) is 84.4 Å². The average Bonchev–Trinajstić information content (AvgIpc) is 3.63. The molecule has 2 aromatic heterocycles. The van der Waals surface area contributed by atoms with E-state index < -0.39 is 5.97 Å². The molecule has 0 saturated heterocycles. The number of hydrogen-bond donors (Lipinski definition) is 3. The quantitative estimate of drug-likeness (QED) is 0.263. The number of nitrogens with zero attached hydrogens (tertiary/aromatic N) is 3. The third kappa shape index (κ3) is 4.33. The number of rotatable bonds is 4. The molecule has 3 fully saturated rings. The summed E-state index contributed by atoms with van der Waals surface area (Å²) in [6.45, 7) is 18.0. The molecule has 0 bridgehead atoms. The van der Waals surface area contributed by atoms with E-state index in [0.717, 1.165) is 45.1 Å². The van der Waals surface area contributed by atoms with E-state index in [-0.39, 0.29) is 44.8 Å². The number of aromatic nitrogens is 4. The van der Waals surface area contributed by atoms with Crippen molar-refractivity contribution >= 4 is 17.4 Å². The van der Waals surface area contributed by atoms with Crippen molar-refractivity contribution in [3.05, 3.63) is 70.7 Å². The first-order chi connectivity index (χ1) is 22.6. The Morgan fingerprint density at radius 1 is 1.02 bits per heavy atom. The first-order valence-corrected chi connectivity index (χ1v) is 18.5. The molecule has 0 aliphatic heterocycles. The van der Waals surface area contributed by atoms with Crippen LogP contribution in [-0.2, 0) is 23.2 Å². The van der Waals surface area contributed by atoms with Crippen LogP contribution in [0.4, 0.5) is 5.82 Å². The van der Waals surface area contributed by atoms with Gasteiger partial charge in [-0.3, -0.25) is 14.6 Å². The number of allylic oxidation sites excluding steroid dienone is 2. The summed E-state index contributed by atoms with van der Waals surface area (Å²) in [6.07, 6.45) is 12.6. The highest BCUT2D eigenvalue weighted by molar-refractivity contribution is 5.74. The van der Waals surface area contributed by atoms with Crippen LogP contribution in [0.5, 0.6) is 0 Å². The largest absolute Gasteiger partial charge is 0.481 e. The number of H-pyrrole nitrogens is 1. The highest BCUT2D eigenvalue weighted by Gasteiger charge is 2.68. The van der Waals surface area contributed by atoms with Gasteiger partial charge < -0.3 is 10.8 Å².